The molecule has 0 saturated carbocycles. The van der Waals surface area contributed by atoms with E-state index >= 15 is 0 Å². The lowest BCUT2D eigenvalue weighted by Gasteiger charge is -2.34. The molecule has 0 unspecified atom stereocenters. The summed E-state index contributed by atoms with van der Waals surface area (Å²) in [6.45, 7) is 4.17. The second kappa shape index (κ2) is 10.8. The molecule has 1 atom stereocenters. The van der Waals surface area contributed by atoms with Crippen molar-refractivity contribution in [2.75, 3.05) is 11.9 Å². The fourth-order valence-corrected chi connectivity index (χ4v) is 7.27. The normalized spacial score (nSPS) is 17.1. The number of terminal acetylenes is 1. The van der Waals surface area contributed by atoms with Crippen LogP contribution in [0.25, 0.3) is 10.2 Å². The van der Waals surface area contributed by atoms with E-state index < -0.39 is 15.9 Å². The largest absolute Gasteiger partial charge is 0.326 e. The van der Waals surface area contributed by atoms with E-state index in [0.717, 1.165) is 35.9 Å². The van der Waals surface area contributed by atoms with Crippen LogP contribution in [0.3, 0.4) is 0 Å². The fourth-order valence-electron chi connectivity index (χ4n) is 4.44. The second-order valence-electron chi connectivity index (χ2n) is 8.65. The molecular weight excluding hydrogens is 496 g/mol. The van der Waals surface area contributed by atoms with E-state index in [4.69, 9.17) is 6.42 Å². The highest BCUT2D eigenvalue weighted by molar-refractivity contribution is 7.89. The van der Waals surface area contributed by atoms with Gasteiger partial charge in [-0.2, -0.15) is 9.30 Å². The molecule has 2 amide bonds. The van der Waals surface area contributed by atoms with E-state index in [0.29, 0.717) is 17.0 Å². The predicted molar refractivity (Wildman–Crippen MR) is 141 cm³/mol. The number of carbonyl (C=O) groups is 2. The first-order valence-corrected chi connectivity index (χ1v) is 14.1. The number of thiazole rings is 1. The van der Waals surface area contributed by atoms with Crippen molar-refractivity contribution in [3.8, 4) is 12.3 Å². The molecule has 1 aromatic heterocycles. The number of carbonyl (C=O) groups excluding carboxylic acids is 2. The van der Waals surface area contributed by atoms with Crippen LogP contribution in [0.1, 0.15) is 49.9 Å². The van der Waals surface area contributed by atoms with E-state index in [-0.39, 0.29) is 29.0 Å². The molecule has 1 aliphatic rings. The van der Waals surface area contributed by atoms with E-state index in [1.54, 1.807) is 14.9 Å². The smallest absolute Gasteiger partial charge is 0.279 e. The third kappa shape index (κ3) is 5.28. The quantitative estimate of drug-likeness (QED) is 0.493. The summed E-state index contributed by atoms with van der Waals surface area (Å²) in [6, 6.07) is 11.3. The van der Waals surface area contributed by atoms with Gasteiger partial charge in [0.1, 0.15) is 0 Å². The first-order chi connectivity index (χ1) is 17.2. The summed E-state index contributed by atoms with van der Waals surface area (Å²) >= 11 is 1.28. The molecular formula is C26H28N4O4S2. The molecule has 3 aromatic rings. The van der Waals surface area contributed by atoms with Crippen molar-refractivity contribution in [3.63, 3.8) is 0 Å². The molecule has 1 fully saturated rings. The maximum Gasteiger partial charge on any atom is 0.279 e. The van der Waals surface area contributed by atoms with Gasteiger partial charge in [-0.15, -0.1) is 6.42 Å². The van der Waals surface area contributed by atoms with E-state index in [1.807, 2.05) is 19.1 Å². The minimum atomic E-state index is -3.63. The Morgan fingerprint density at radius 1 is 1.19 bits per heavy atom. The Balaban J connectivity index is 1.65. The lowest BCUT2D eigenvalue weighted by Crippen LogP contribution is -2.43. The molecule has 1 aliphatic heterocycles. The second-order valence-corrected chi connectivity index (χ2v) is 11.6. The van der Waals surface area contributed by atoms with Crippen LogP contribution in [0.15, 0.2) is 52.4 Å². The monoisotopic (exact) mass is 524 g/mol. The number of benzene rings is 2. The zero-order valence-corrected chi connectivity index (χ0v) is 21.9. The summed E-state index contributed by atoms with van der Waals surface area (Å²) in [5, 5.41) is 2.74. The van der Waals surface area contributed by atoms with Crippen molar-refractivity contribution in [2.45, 2.75) is 57.0 Å². The highest BCUT2D eigenvalue weighted by Gasteiger charge is 2.32. The van der Waals surface area contributed by atoms with Crippen LogP contribution in [0.2, 0.25) is 0 Å². The van der Waals surface area contributed by atoms with Gasteiger partial charge >= 0.3 is 0 Å². The van der Waals surface area contributed by atoms with Crippen molar-refractivity contribution < 1.29 is 18.0 Å². The molecule has 4 rings (SSSR count). The molecule has 0 radical (unpaired) electrons. The molecule has 2 heterocycles. The number of hydrogen-bond acceptors (Lipinski definition) is 5. The number of nitrogens with zero attached hydrogens (tertiary/aromatic N) is 3. The van der Waals surface area contributed by atoms with Crippen molar-refractivity contribution in [1.82, 2.24) is 8.87 Å². The van der Waals surface area contributed by atoms with Gasteiger partial charge in [-0.05, 0) is 61.7 Å². The van der Waals surface area contributed by atoms with E-state index in [1.165, 1.54) is 42.5 Å². The Kier molecular flexibility index (Phi) is 7.73. The third-order valence-electron chi connectivity index (χ3n) is 6.20. The number of aromatic nitrogens is 1. The number of amides is 2. The fraction of sp³-hybridized carbons (Fsp3) is 0.346. The summed E-state index contributed by atoms with van der Waals surface area (Å²) in [7, 11) is -3.63. The van der Waals surface area contributed by atoms with Crippen LogP contribution in [-0.4, -0.2) is 41.7 Å². The minimum absolute atomic E-state index is 0.00535. The number of hydrogen-bond donors (Lipinski definition) is 1. The van der Waals surface area contributed by atoms with Gasteiger partial charge in [-0.3, -0.25) is 9.59 Å². The molecule has 8 nitrogen and oxygen atoms in total. The van der Waals surface area contributed by atoms with Gasteiger partial charge in [0.05, 0.1) is 21.7 Å². The van der Waals surface area contributed by atoms with Gasteiger partial charge in [-0.1, -0.05) is 30.6 Å². The molecule has 36 heavy (non-hydrogen) atoms. The Labute approximate surface area is 214 Å². The van der Waals surface area contributed by atoms with Crippen molar-refractivity contribution >= 4 is 49.1 Å². The Morgan fingerprint density at radius 2 is 1.94 bits per heavy atom. The topological polar surface area (TPSA) is 101 Å². The van der Waals surface area contributed by atoms with Gasteiger partial charge in [0, 0.05) is 30.8 Å². The lowest BCUT2D eigenvalue weighted by atomic mass is 10.0. The lowest BCUT2D eigenvalue weighted by molar-refractivity contribution is -0.114. The van der Waals surface area contributed by atoms with Crippen LogP contribution in [0, 0.1) is 12.3 Å². The van der Waals surface area contributed by atoms with Gasteiger partial charge in [0.2, 0.25) is 15.9 Å². The first kappa shape index (κ1) is 25.8. The Hall–Kier alpha value is -3.26. The number of fused-ring (bicyclic) bond motifs is 1. The van der Waals surface area contributed by atoms with Crippen LogP contribution >= 0.6 is 11.3 Å². The standard InChI is InChI=1S/C26H28N4O4S2/c1-4-15-29-23-14-11-20(27-18(3)31)17-24(23)35-26(29)28-25(32)19-9-12-22(13-10-19)36(33,34)30-16-7-6-8-21(30)5-2/h1,9-14,17,21H,5-8,15-16H2,2-3H3,(H,27,31)/t21-/m1/s1. The Morgan fingerprint density at radius 3 is 2.61 bits per heavy atom. The van der Waals surface area contributed by atoms with Gasteiger partial charge in [0.15, 0.2) is 4.80 Å². The average Bonchev–Trinajstić information content (AvgIpc) is 3.19. The number of sulfonamides is 1. The van der Waals surface area contributed by atoms with E-state index in [9.17, 15) is 18.0 Å². The van der Waals surface area contributed by atoms with Crippen LogP contribution in [0.5, 0.6) is 0 Å². The van der Waals surface area contributed by atoms with Crippen LogP contribution < -0.4 is 10.1 Å². The Bertz CT molecular complexity index is 1510. The number of nitrogens with one attached hydrogen (secondary N) is 1. The minimum Gasteiger partial charge on any atom is -0.326 e. The van der Waals surface area contributed by atoms with E-state index in [2.05, 4.69) is 16.2 Å². The number of rotatable bonds is 6. The van der Waals surface area contributed by atoms with Crippen LogP contribution in [-0.2, 0) is 21.4 Å². The SMILES string of the molecule is C#CCn1c(=NC(=O)c2ccc(S(=O)(=O)N3CCCC[C@H]3CC)cc2)sc2cc(NC(C)=O)ccc21. The summed E-state index contributed by atoms with van der Waals surface area (Å²) in [5.41, 5.74) is 1.72. The zero-order chi connectivity index (χ0) is 25.9. The first-order valence-electron chi connectivity index (χ1n) is 11.8. The molecule has 0 bridgehead atoms. The van der Waals surface area contributed by atoms with Crippen LogP contribution in [0.4, 0.5) is 5.69 Å². The molecule has 2 aromatic carbocycles. The van der Waals surface area contributed by atoms with Gasteiger partial charge < -0.3 is 9.88 Å². The molecule has 10 heteroatoms. The maximum atomic E-state index is 13.2. The molecule has 0 aliphatic carbocycles. The highest BCUT2D eigenvalue weighted by atomic mass is 32.2. The average molecular weight is 525 g/mol. The molecule has 1 saturated heterocycles. The van der Waals surface area contributed by atoms with Gasteiger partial charge in [0.25, 0.3) is 5.91 Å². The predicted octanol–water partition coefficient (Wildman–Crippen LogP) is 3.99. The molecule has 1 N–H and O–H groups in total. The molecule has 188 valence electrons. The van der Waals surface area contributed by atoms with Crippen molar-refractivity contribution in [1.29, 1.82) is 0 Å². The van der Waals surface area contributed by atoms with Crippen molar-refractivity contribution in [3.05, 3.63) is 52.8 Å². The number of anilines is 1. The molecule has 0 spiro atoms. The third-order valence-corrected chi connectivity index (χ3v) is 9.21. The number of piperidine rings is 1. The summed E-state index contributed by atoms with van der Waals surface area (Å²) in [4.78, 5) is 29.2. The summed E-state index contributed by atoms with van der Waals surface area (Å²) < 4.78 is 30.6. The zero-order valence-electron chi connectivity index (χ0n) is 20.2. The van der Waals surface area contributed by atoms with Gasteiger partial charge in [-0.25, -0.2) is 8.42 Å². The summed E-state index contributed by atoms with van der Waals surface area (Å²) in [5.74, 6) is 1.90. The van der Waals surface area contributed by atoms with Crippen molar-refractivity contribution in [2.24, 2.45) is 4.99 Å². The maximum absolute atomic E-state index is 13.2. The highest BCUT2D eigenvalue weighted by Crippen LogP contribution is 2.27. The summed E-state index contributed by atoms with van der Waals surface area (Å²) in [6.07, 6.45) is 9.07.